The van der Waals surface area contributed by atoms with E-state index in [-0.39, 0.29) is 5.91 Å². The Balaban J connectivity index is 2.20. The van der Waals surface area contributed by atoms with Crippen LogP contribution in [0.4, 0.5) is 0 Å². The molecule has 17 heavy (non-hydrogen) atoms. The van der Waals surface area contributed by atoms with Crippen molar-refractivity contribution in [3.63, 3.8) is 0 Å². The summed E-state index contributed by atoms with van der Waals surface area (Å²) in [4.78, 5) is 13.9. The summed E-state index contributed by atoms with van der Waals surface area (Å²) in [5.41, 5.74) is 0.577. The Bertz CT molecular complexity index is 405. The molecule has 4 heteroatoms. The number of hydrogen-bond acceptors (Lipinski definition) is 3. The molecular formula is C13H17NO3. The molecule has 92 valence electrons. The molecule has 0 spiro atoms. The summed E-state index contributed by atoms with van der Waals surface area (Å²) in [6.45, 7) is 3.26. The number of rotatable bonds is 3. The van der Waals surface area contributed by atoms with Crippen LogP contribution in [0.5, 0.6) is 5.75 Å². The highest BCUT2D eigenvalue weighted by Crippen LogP contribution is 2.22. The van der Waals surface area contributed by atoms with Gasteiger partial charge in [0.2, 0.25) is 0 Å². The lowest BCUT2D eigenvalue weighted by Gasteiger charge is -2.22. The molecule has 1 aliphatic rings. The summed E-state index contributed by atoms with van der Waals surface area (Å²) in [6, 6.07) is 7.23. The van der Waals surface area contributed by atoms with Crippen molar-refractivity contribution in [3.8, 4) is 5.75 Å². The molecule has 1 aliphatic heterocycles. The van der Waals surface area contributed by atoms with Crippen LogP contribution in [0, 0.1) is 0 Å². The van der Waals surface area contributed by atoms with Gasteiger partial charge in [0.05, 0.1) is 18.2 Å². The summed E-state index contributed by atoms with van der Waals surface area (Å²) < 4.78 is 5.52. The van der Waals surface area contributed by atoms with Crippen LogP contribution in [0.1, 0.15) is 23.7 Å². The van der Waals surface area contributed by atoms with Crippen molar-refractivity contribution < 1.29 is 14.6 Å². The van der Waals surface area contributed by atoms with Crippen molar-refractivity contribution in [3.05, 3.63) is 29.8 Å². The number of carbonyl (C=O) groups is 1. The molecule has 1 aromatic rings. The van der Waals surface area contributed by atoms with Gasteiger partial charge in [-0.05, 0) is 18.6 Å². The van der Waals surface area contributed by atoms with Crippen molar-refractivity contribution >= 4 is 5.91 Å². The Hall–Kier alpha value is -1.55. The SMILES string of the molecule is CCC(O)CN1CCOc2ccccc2C1=O. The maximum atomic E-state index is 12.2. The van der Waals surface area contributed by atoms with Gasteiger partial charge >= 0.3 is 0 Å². The van der Waals surface area contributed by atoms with Crippen molar-refractivity contribution in [2.75, 3.05) is 19.7 Å². The average molecular weight is 235 g/mol. The Morgan fingerprint density at radius 1 is 1.47 bits per heavy atom. The summed E-state index contributed by atoms with van der Waals surface area (Å²) in [6.07, 6.45) is 0.177. The highest BCUT2D eigenvalue weighted by molar-refractivity contribution is 5.97. The fourth-order valence-electron chi connectivity index (χ4n) is 1.86. The zero-order chi connectivity index (χ0) is 12.3. The second-order valence-electron chi connectivity index (χ2n) is 4.16. The largest absolute Gasteiger partial charge is 0.491 e. The molecular weight excluding hydrogens is 218 g/mol. The van der Waals surface area contributed by atoms with Gasteiger partial charge in [-0.2, -0.15) is 0 Å². The van der Waals surface area contributed by atoms with Gasteiger partial charge in [0.1, 0.15) is 12.4 Å². The minimum atomic E-state index is -0.468. The zero-order valence-electron chi connectivity index (χ0n) is 9.93. The van der Waals surface area contributed by atoms with Gasteiger partial charge in [-0.25, -0.2) is 0 Å². The molecule has 0 radical (unpaired) electrons. The van der Waals surface area contributed by atoms with E-state index in [9.17, 15) is 9.90 Å². The topological polar surface area (TPSA) is 49.8 Å². The maximum absolute atomic E-state index is 12.2. The number of hydrogen-bond donors (Lipinski definition) is 1. The molecule has 2 rings (SSSR count). The Kier molecular flexibility index (Phi) is 3.64. The molecule has 1 atom stereocenters. The fourth-order valence-corrected chi connectivity index (χ4v) is 1.86. The molecule has 1 N–H and O–H groups in total. The lowest BCUT2D eigenvalue weighted by molar-refractivity contribution is 0.0612. The summed E-state index contributed by atoms with van der Waals surface area (Å²) in [5, 5.41) is 9.63. The second kappa shape index (κ2) is 5.19. The molecule has 0 bridgehead atoms. The van der Waals surface area contributed by atoms with E-state index in [2.05, 4.69) is 0 Å². The van der Waals surface area contributed by atoms with Gasteiger partial charge in [-0.3, -0.25) is 4.79 Å². The first kappa shape index (κ1) is 11.9. The molecule has 0 fully saturated rings. The van der Waals surface area contributed by atoms with Crippen molar-refractivity contribution in [2.24, 2.45) is 0 Å². The van der Waals surface area contributed by atoms with E-state index in [1.807, 2.05) is 19.1 Å². The Labute approximate surface area is 101 Å². The molecule has 0 saturated heterocycles. The Morgan fingerprint density at radius 3 is 3.00 bits per heavy atom. The lowest BCUT2D eigenvalue weighted by Crippen LogP contribution is -2.38. The standard InChI is InChI=1S/C13H17NO3/c1-2-10(15)9-14-7-8-17-12-6-4-3-5-11(12)13(14)16/h3-6,10,15H,2,7-9H2,1H3. The number of aliphatic hydroxyl groups is 1. The maximum Gasteiger partial charge on any atom is 0.257 e. The van der Waals surface area contributed by atoms with Crippen LogP contribution in [-0.2, 0) is 0 Å². The first-order chi connectivity index (χ1) is 8.22. The number of aliphatic hydroxyl groups excluding tert-OH is 1. The number of nitrogens with zero attached hydrogens (tertiary/aromatic N) is 1. The third-order valence-corrected chi connectivity index (χ3v) is 2.93. The van der Waals surface area contributed by atoms with Crippen LogP contribution in [0.2, 0.25) is 0 Å². The number of β-amino-alcohol motifs (C(OH)–C–C–N with tert-alkyl or cyclic N) is 1. The van der Waals surface area contributed by atoms with Crippen LogP contribution >= 0.6 is 0 Å². The number of amides is 1. The number of para-hydroxylation sites is 1. The van der Waals surface area contributed by atoms with Crippen LogP contribution in [0.25, 0.3) is 0 Å². The molecule has 1 unspecified atom stereocenters. The highest BCUT2D eigenvalue weighted by atomic mass is 16.5. The second-order valence-corrected chi connectivity index (χ2v) is 4.16. The zero-order valence-corrected chi connectivity index (χ0v) is 9.93. The van der Waals surface area contributed by atoms with E-state index in [1.54, 1.807) is 17.0 Å². The quantitative estimate of drug-likeness (QED) is 0.859. The van der Waals surface area contributed by atoms with E-state index < -0.39 is 6.10 Å². The molecule has 1 heterocycles. The minimum Gasteiger partial charge on any atom is -0.491 e. The van der Waals surface area contributed by atoms with Crippen LogP contribution < -0.4 is 4.74 Å². The van der Waals surface area contributed by atoms with Crippen molar-refractivity contribution in [1.82, 2.24) is 4.90 Å². The molecule has 1 amide bonds. The van der Waals surface area contributed by atoms with E-state index in [0.717, 1.165) is 0 Å². The third-order valence-electron chi connectivity index (χ3n) is 2.93. The normalized spacial score (nSPS) is 17.1. The fraction of sp³-hybridized carbons (Fsp3) is 0.462. The number of carbonyl (C=O) groups excluding carboxylic acids is 1. The summed E-state index contributed by atoms with van der Waals surface area (Å²) in [5.74, 6) is 0.566. The predicted molar refractivity (Wildman–Crippen MR) is 64.1 cm³/mol. The third kappa shape index (κ3) is 2.58. The van der Waals surface area contributed by atoms with E-state index in [1.165, 1.54) is 0 Å². The Morgan fingerprint density at radius 2 is 2.24 bits per heavy atom. The molecule has 0 saturated carbocycles. The van der Waals surface area contributed by atoms with Crippen molar-refractivity contribution in [1.29, 1.82) is 0 Å². The number of benzene rings is 1. The first-order valence-electron chi connectivity index (χ1n) is 5.91. The lowest BCUT2D eigenvalue weighted by atomic mass is 10.1. The van der Waals surface area contributed by atoms with E-state index >= 15 is 0 Å². The van der Waals surface area contributed by atoms with E-state index in [4.69, 9.17) is 4.74 Å². The minimum absolute atomic E-state index is 0.0643. The van der Waals surface area contributed by atoms with Crippen LogP contribution in [0.15, 0.2) is 24.3 Å². The first-order valence-corrected chi connectivity index (χ1v) is 5.91. The van der Waals surface area contributed by atoms with Gasteiger partial charge in [-0.15, -0.1) is 0 Å². The average Bonchev–Trinajstić information content (AvgIpc) is 2.51. The van der Waals surface area contributed by atoms with Crippen LogP contribution in [0.3, 0.4) is 0 Å². The van der Waals surface area contributed by atoms with E-state index in [0.29, 0.717) is 37.4 Å². The molecule has 0 aliphatic carbocycles. The van der Waals surface area contributed by atoms with Gasteiger partial charge in [0.25, 0.3) is 5.91 Å². The van der Waals surface area contributed by atoms with Gasteiger partial charge < -0.3 is 14.7 Å². The molecule has 0 aromatic heterocycles. The predicted octanol–water partition coefficient (Wildman–Crippen LogP) is 1.29. The van der Waals surface area contributed by atoms with Crippen molar-refractivity contribution in [2.45, 2.75) is 19.4 Å². The van der Waals surface area contributed by atoms with Gasteiger partial charge in [0.15, 0.2) is 0 Å². The molecule has 1 aromatic carbocycles. The smallest absolute Gasteiger partial charge is 0.257 e. The summed E-state index contributed by atoms with van der Waals surface area (Å²) >= 11 is 0. The number of fused-ring (bicyclic) bond motifs is 1. The monoisotopic (exact) mass is 235 g/mol. The van der Waals surface area contributed by atoms with Crippen LogP contribution in [-0.4, -0.2) is 41.7 Å². The number of ether oxygens (including phenoxy) is 1. The van der Waals surface area contributed by atoms with Gasteiger partial charge in [0, 0.05) is 6.54 Å². The van der Waals surface area contributed by atoms with Gasteiger partial charge in [-0.1, -0.05) is 19.1 Å². The molecule has 4 nitrogen and oxygen atoms in total. The highest BCUT2D eigenvalue weighted by Gasteiger charge is 2.24. The summed E-state index contributed by atoms with van der Waals surface area (Å²) in [7, 11) is 0.